The Morgan fingerprint density at radius 1 is 1.05 bits per heavy atom. The molecule has 1 saturated heterocycles. The summed E-state index contributed by atoms with van der Waals surface area (Å²) < 4.78 is 83.2. The van der Waals surface area contributed by atoms with Gasteiger partial charge >= 0.3 is 12.5 Å². The average molecular weight is 545 g/mol. The number of halogens is 6. The second-order valence-electron chi connectivity index (χ2n) is 11.6. The van der Waals surface area contributed by atoms with Gasteiger partial charge in [-0.2, -0.15) is 13.2 Å². The molecule has 1 aliphatic heterocycles. The largest absolute Gasteiger partial charge is 0.573 e. The molecule has 1 heterocycles. The zero-order valence-corrected chi connectivity index (χ0v) is 21.1. The highest BCUT2D eigenvalue weighted by Crippen LogP contribution is 2.64. The van der Waals surface area contributed by atoms with Crippen LogP contribution in [0.4, 0.5) is 32.0 Å². The van der Waals surface area contributed by atoms with Crippen molar-refractivity contribution in [2.75, 3.05) is 11.9 Å². The molecular formula is C27H30F6N2O3. The van der Waals surface area contributed by atoms with Crippen LogP contribution in [0.2, 0.25) is 0 Å². The van der Waals surface area contributed by atoms with Gasteiger partial charge < -0.3 is 15.4 Å². The van der Waals surface area contributed by atoms with Gasteiger partial charge in [-0.1, -0.05) is 19.9 Å². The van der Waals surface area contributed by atoms with Crippen LogP contribution in [0.25, 0.3) is 0 Å². The molecule has 1 aromatic rings. The highest BCUT2D eigenvalue weighted by molar-refractivity contribution is 5.95. The Labute approximate surface area is 216 Å². The van der Waals surface area contributed by atoms with Gasteiger partial charge in [-0.05, 0) is 67.4 Å². The zero-order valence-electron chi connectivity index (χ0n) is 21.1. The molecule has 11 heteroatoms. The number of benzene rings is 1. The highest BCUT2D eigenvalue weighted by Gasteiger charge is 2.60. The van der Waals surface area contributed by atoms with Crippen molar-refractivity contribution >= 4 is 17.4 Å². The van der Waals surface area contributed by atoms with Crippen molar-refractivity contribution in [3.63, 3.8) is 0 Å². The van der Waals surface area contributed by atoms with Crippen molar-refractivity contribution in [2.45, 2.75) is 64.9 Å². The number of rotatable bonds is 3. The predicted molar refractivity (Wildman–Crippen MR) is 126 cm³/mol. The van der Waals surface area contributed by atoms with E-state index >= 15 is 0 Å². The number of piperidine rings is 1. The number of allylic oxidation sites excluding steroid dienone is 2. The first-order valence-electron chi connectivity index (χ1n) is 12.9. The van der Waals surface area contributed by atoms with E-state index < -0.39 is 46.8 Å². The monoisotopic (exact) mass is 544 g/mol. The number of carbonyl (C=O) groups excluding carboxylic acids is 2. The lowest BCUT2D eigenvalue weighted by atomic mass is 9.50. The molecule has 208 valence electrons. The predicted octanol–water partition coefficient (Wildman–Crippen LogP) is 6.46. The Bertz CT molecular complexity index is 1180. The summed E-state index contributed by atoms with van der Waals surface area (Å²) in [7, 11) is 0. The maximum atomic E-state index is 13.5. The van der Waals surface area contributed by atoms with E-state index in [9.17, 15) is 35.9 Å². The minimum absolute atomic E-state index is 0.116. The fourth-order valence-corrected chi connectivity index (χ4v) is 7.88. The van der Waals surface area contributed by atoms with E-state index in [1.807, 2.05) is 6.92 Å². The Kier molecular flexibility index (Phi) is 6.30. The van der Waals surface area contributed by atoms with Crippen molar-refractivity contribution in [1.82, 2.24) is 5.32 Å². The fourth-order valence-electron chi connectivity index (χ4n) is 7.88. The van der Waals surface area contributed by atoms with E-state index in [1.54, 1.807) is 6.08 Å². The van der Waals surface area contributed by atoms with E-state index in [1.165, 1.54) is 0 Å². The molecule has 3 fully saturated rings. The van der Waals surface area contributed by atoms with Crippen molar-refractivity contribution in [3.8, 4) is 5.75 Å². The Balaban J connectivity index is 1.39. The normalized spacial score (nSPS) is 34.8. The molecule has 5 rings (SSSR count). The van der Waals surface area contributed by atoms with Gasteiger partial charge in [0.1, 0.15) is 5.56 Å². The third-order valence-corrected chi connectivity index (χ3v) is 9.71. The molecule has 2 saturated carbocycles. The summed E-state index contributed by atoms with van der Waals surface area (Å²) in [5.41, 5.74) is -1.90. The van der Waals surface area contributed by atoms with Gasteiger partial charge in [0.15, 0.2) is 11.5 Å². The van der Waals surface area contributed by atoms with E-state index in [2.05, 4.69) is 22.3 Å². The Hall–Kier alpha value is -2.72. The first kappa shape index (κ1) is 26.9. The number of hydrogen-bond acceptors (Lipinski definition) is 4. The van der Waals surface area contributed by atoms with Crippen molar-refractivity contribution < 1.29 is 40.7 Å². The minimum Gasteiger partial charge on any atom is -0.403 e. The van der Waals surface area contributed by atoms with Crippen LogP contribution in [-0.2, 0) is 15.8 Å². The van der Waals surface area contributed by atoms with Gasteiger partial charge in [-0.3, -0.25) is 9.59 Å². The summed E-state index contributed by atoms with van der Waals surface area (Å²) in [6, 6.07) is 2.42. The molecule has 1 aromatic carbocycles. The van der Waals surface area contributed by atoms with E-state index in [0.29, 0.717) is 37.8 Å². The Morgan fingerprint density at radius 2 is 1.79 bits per heavy atom. The molecular weight excluding hydrogens is 514 g/mol. The van der Waals surface area contributed by atoms with Crippen molar-refractivity contribution in [1.29, 1.82) is 0 Å². The molecule has 1 amide bonds. The van der Waals surface area contributed by atoms with Crippen LogP contribution in [0, 0.1) is 34.5 Å². The molecule has 6 unspecified atom stereocenters. The lowest BCUT2D eigenvalue weighted by Crippen LogP contribution is -2.57. The molecule has 38 heavy (non-hydrogen) atoms. The summed E-state index contributed by atoms with van der Waals surface area (Å²) in [5, 5.41) is 5.81. The number of carbonyl (C=O) groups is 2. The minimum atomic E-state index is -5.37. The number of fused-ring (bicyclic) bond motifs is 5. The first-order chi connectivity index (χ1) is 17.6. The third-order valence-electron chi connectivity index (χ3n) is 9.71. The van der Waals surface area contributed by atoms with Gasteiger partial charge in [-0.25, -0.2) is 0 Å². The second kappa shape index (κ2) is 8.91. The zero-order chi connectivity index (χ0) is 27.7. The van der Waals surface area contributed by atoms with Crippen LogP contribution in [-0.4, -0.2) is 24.6 Å². The molecule has 5 nitrogen and oxygen atoms in total. The van der Waals surface area contributed by atoms with Gasteiger partial charge in [0.2, 0.25) is 5.91 Å². The van der Waals surface area contributed by atoms with Crippen LogP contribution >= 0.6 is 0 Å². The van der Waals surface area contributed by atoms with E-state index in [-0.39, 0.29) is 23.0 Å². The average Bonchev–Trinajstić information content (AvgIpc) is 3.16. The van der Waals surface area contributed by atoms with Crippen LogP contribution in [0.5, 0.6) is 5.75 Å². The summed E-state index contributed by atoms with van der Waals surface area (Å²) in [6.45, 7) is 4.88. The molecule has 6 atom stereocenters. The summed E-state index contributed by atoms with van der Waals surface area (Å²) in [4.78, 5) is 25.5. The molecule has 4 aliphatic rings. The lowest BCUT2D eigenvalue weighted by molar-refractivity contribution is -0.276. The van der Waals surface area contributed by atoms with Crippen molar-refractivity contribution in [3.05, 3.63) is 35.5 Å². The summed E-state index contributed by atoms with van der Waals surface area (Å²) in [6.07, 6.45) is -4.74. The van der Waals surface area contributed by atoms with Gasteiger partial charge in [0.05, 0.1) is 5.69 Å². The quantitative estimate of drug-likeness (QED) is 0.429. The maximum absolute atomic E-state index is 13.5. The van der Waals surface area contributed by atoms with Crippen LogP contribution in [0.3, 0.4) is 0 Å². The van der Waals surface area contributed by atoms with Crippen molar-refractivity contribution in [2.24, 2.45) is 34.5 Å². The van der Waals surface area contributed by atoms with E-state index in [0.717, 1.165) is 37.1 Å². The van der Waals surface area contributed by atoms with Crippen LogP contribution in [0.1, 0.15) is 57.9 Å². The number of ketones is 1. The fraction of sp³-hybridized carbons (Fsp3) is 0.630. The molecule has 2 N–H and O–H groups in total. The van der Waals surface area contributed by atoms with Crippen LogP contribution < -0.4 is 15.4 Å². The first-order valence-corrected chi connectivity index (χ1v) is 12.9. The highest BCUT2D eigenvalue weighted by atomic mass is 19.4. The number of ether oxygens (including phenoxy) is 1. The maximum Gasteiger partial charge on any atom is 0.573 e. The lowest BCUT2D eigenvalue weighted by Gasteiger charge is -2.58. The molecule has 3 aliphatic carbocycles. The SMILES string of the molecule is CC12CCC(=O)C=C1NCC1C2CCC2(C)C(C(=O)Nc3cccc(C(F)(F)F)c3OC(F)(F)F)CCC12. The van der Waals surface area contributed by atoms with Gasteiger partial charge in [0.25, 0.3) is 0 Å². The number of amides is 1. The molecule has 0 bridgehead atoms. The van der Waals surface area contributed by atoms with Gasteiger partial charge in [-0.15, -0.1) is 13.2 Å². The van der Waals surface area contributed by atoms with Crippen LogP contribution in [0.15, 0.2) is 30.0 Å². The standard InChI is InChI=1S/C27H30F6N2O3/c1-24-11-9-17-15(13-34-21-12-14(36)8-10-25(17,21)2)16(24)6-7-19(24)23(37)35-20-5-3-4-18(26(28,29)30)22(20)38-27(31,32)33/h3-5,12,15-17,19,34H,6-11,13H2,1-2H3,(H,35,37). The van der Waals surface area contributed by atoms with Gasteiger partial charge in [0, 0.05) is 36.1 Å². The number of para-hydroxylation sites is 1. The molecule has 0 aromatic heterocycles. The summed E-state index contributed by atoms with van der Waals surface area (Å²) in [5.74, 6) is -1.77. The topological polar surface area (TPSA) is 67.4 Å². The molecule has 0 radical (unpaired) electrons. The number of hydrogen-bond donors (Lipinski definition) is 2. The number of anilines is 1. The van der Waals surface area contributed by atoms with E-state index in [4.69, 9.17) is 0 Å². The summed E-state index contributed by atoms with van der Waals surface area (Å²) >= 11 is 0. The molecule has 0 spiro atoms. The Morgan fingerprint density at radius 3 is 2.47 bits per heavy atom. The third kappa shape index (κ3) is 4.45. The number of alkyl halides is 6. The smallest absolute Gasteiger partial charge is 0.403 e. The second-order valence-corrected chi connectivity index (χ2v) is 11.6. The number of nitrogens with one attached hydrogen (secondary N) is 2.